The highest BCUT2D eigenvalue weighted by molar-refractivity contribution is 6.39. The van der Waals surface area contributed by atoms with Crippen LogP contribution in [0.1, 0.15) is 38.3 Å². The molecule has 0 aliphatic carbocycles. The van der Waals surface area contributed by atoms with Crippen molar-refractivity contribution in [3.63, 3.8) is 0 Å². The summed E-state index contributed by atoms with van der Waals surface area (Å²) in [7, 11) is 0. The Hall–Kier alpha value is -4.72. The quantitative estimate of drug-likeness (QED) is 0.162. The van der Waals surface area contributed by atoms with Gasteiger partial charge in [-0.2, -0.15) is 4.39 Å². The smallest absolute Gasteiger partial charge is 0.313 e. The van der Waals surface area contributed by atoms with Gasteiger partial charge < -0.3 is 29.7 Å². The molecule has 0 bridgehead atoms. The molecule has 0 saturated carbocycles. The number of Topliss-reactive ketones (excluding diaryl/α,β-unsaturated/α-hetero) is 1. The molecule has 2 aromatic rings. The topological polar surface area (TPSA) is 140 Å². The molecule has 254 valence electrons. The van der Waals surface area contributed by atoms with Crippen molar-refractivity contribution in [1.29, 1.82) is 0 Å². The molecule has 1 aliphatic heterocycles. The number of rotatable bonds is 11. The molecular weight excluding hydrogens is 623 g/mol. The highest BCUT2D eigenvalue weighted by atomic mass is 19.2. The molecule has 2 aromatic carbocycles. The number of halogens is 3. The average molecular weight is 662 g/mol. The highest BCUT2D eigenvalue weighted by Crippen LogP contribution is 2.29. The first-order valence-corrected chi connectivity index (χ1v) is 14.8. The van der Waals surface area contributed by atoms with Crippen LogP contribution in [0.2, 0.25) is 0 Å². The minimum Gasteiger partial charge on any atom is -0.482 e. The summed E-state index contributed by atoms with van der Waals surface area (Å²) in [6.45, 7) is 8.82. The summed E-state index contributed by atoms with van der Waals surface area (Å²) in [6, 6.07) is 5.80. The van der Waals surface area contributed by atoms with Crippen LogP contribution in [0.5, 0.6) is 5.75 Å². The van der Waals surface area contributed by atoms with Crippen molar-refractivity contribution in [2.45, 2.75) is 45.6 Å². The molecule has 3 rings (SSSR count). The highest BCUT2D eigenvalue weighted by Gasteiger charge is 2.34. The number of hydrogen-bond acceptors (Lipinski definition) is 8. The van der Waals surface area contributed by atoms with E-state index in [4.69, 9.17) is 14.2 Å². The van der Waals surface area contributed by atoms with E-state index in [1.807, 2.05) is 32.9 Å². The summed E-state index contributed by atoms with van der Waals surface area (Å²) in [5.41, 5.74) is 0.546. The normalized spacial score (nSPS) is 15.6. The van der Waals surface area contributed by atoms with Gasteiger partial charge in [0, 0.05) is 30.4 Å². The van der Waals surface area contributed by atoms with Crippen molar-refractivity contribution >= 4 is 35.2 Å². The molecule has 2 N–H and O–H groups in total. The minimum atomic E-state index is -1.58. The second-order valence-corrected chi connectivity index (χ2v) is 11.9. The fourth-order valence-electron chi connectivity index (χ4n) is 4.71. The first-order chi connectivity index (χ1) is 22.1. The Balaban J connectivity index is 1.74. The second-order valence-electron chi connectivity index (χ2n) is 11.9. The number of hydrogen-bond donors (Lipinski definition) is 2. The lowest BCUT2D eigenvalue weighted by molar-refractivity contribution is -0.145. The fourth-order valence-corrected chi connectivity index (χ4v) is 4.71. The number of amides is 3. The first-order valence-electron chi connectivity index (χ1n) is 14.8. The van der Waals surface area contributed by atoms with E-state index in [-0.39, 0.29) is 38.3 Å². The summed E-state index contributed by atoms with van der Waals surface area (Å²) in [5.74, 6) is -10.6. The van der Waals surface area contributed by atoms with Gasteiger partial charge in [0.15, 0.2) is 17.3 Å². The monoisotopic (exact) mass is 661 g/mol. The largest absolute Gasteiger partial charge is 0.482 e. The van der Waals surface area contributed by atoms with Gasteiger partial charge in [-0.3, -0.25) is 24.0 Å². The number of nitrogens with zero attached hydrogens (tertiary/aromatic N) is 1. The molecule has 1 aliphatic rings. The van der Waals surface area contributed by atoms with Gasteiger partial charge in [0.05, 0.1) is 25.6 Å². The van der Waals surface area contributed by atoms with E-state index in [2.05, 4.69) is 17.2 Å². The summed E-state index contributed by atoms with van der Waals surface area (Å²) in [4.78, 5) is 66.2. The number of anilines is 1. The first kappa shape index (κ1) is 36.7. The molecule has 0 unspecified atom stereocenters. The zero-order chi connectivity index (χ0) is 34.9. The molecule has 2 atom stereocenters. The molecular formula is C33H38F3N3O8. The van der Waals surface area contributed by atoms with E-state index < -0.39 is 83.2 Å². The van der Waals surface area contributed by atoms with Crippen molar-refractivity contribution in [3.05, 3.63) is 71.6 Å². The average Bonchev–Trinajstić information content (AvgIpc) is 3.28. The van der Waals surface area contributed by atoms with Gasteiger partial charge in [-0.25, -0.2) is 8.78 Å². The van der Waals surface area contributed by atoms with Crippen LogP contribution in [0, 0.1) is 30.3 Å². The Morgan fingerprint density at radius 3 is 2.51 bits per heavy atom. The number of carbonyl (C=O) groups excluding carboxylic acids is 5. The van der Waals surface area contributed by atoms with Gasteiger partial charge in [-0.05, 0) is 24.0 Å². The number of ether oxygens (including phenoxy) is 3. The zero-order valence-electron chi connectivity index (χ0n) is 26.6. The maximum Gasteiger partial charge on any atom is 0.313 e. The van der Waals surface area contributed by atoms with Gasteiger partial charge in [0.2, 0.25) is 11.7 Å². The van der Waals surface area contributed by atoms with Gasteiger partial charge in [-0.1, -0.05) is 51.6 Å². The molecule has 3 amide bonds. The lowest BCUT2D eigenvalue weighted by atomic mass is 9.86. The number of ketones is 1. The third kappa shape index (κ3) is 9.88. The number of nitrogens with one attached hydrogen (secondary N) is 2. The third-order valence-electron chi connectivity index (χ3n) is 7.26. The Labute approximate surface area is 270 Å². The lowest BCUT2D eigenvalue weighted by Gasteiger charge is -2.26. The van der Waals surface area contributed by atoms with Crippen LogP contribution < -0.4 is 15.4 Å². The maximum absolute atomic E-state index is 14.3. The Morgan fingerprint density at radius 2 is 1.83 bits per heavy atom. The summed E-state index contributed by atoms with van der Waals surface area (Å²) in [5, 5.41) is 5.05. The van der Waals surface area contributed by atoms with E-state index in [1.54, 1.807) is 12.1 Å². The van der Waals surface area contributed by atoms with E-state index in [1.165, 1.54) is 6.08 Å². The van der Waals surface area contributed by atoms with E-state index in [9.17, 15) is 37.1 Å². The second kappa shape index (κ2) is 16.2. The predicted octanol–water partition coefficient (Wildman–Crippen LogP) is 3.38. The van der Waals surface area contributed by atoms with Crippen molar-refractivity contribution in [2.75, 3.05) is 44.8 Å². The van der Waals surface area contributed by atoms with Crippen molar-refractivity contribution < 1.29 is 51.4 Å². The molecule has 11 nitrogen and oxygen atoms in total. The number of para-hydroxylation sites is 1. The van der Waals surface area contributed by atoms with E-state index in [0.29, 0.717) is 11.8 Å². The summed E-state index contributed by atoms with van der Waals surface area (Å²) < 4.78 is 57.5. The molecule has 1 fully saturated rings. The van der Waals surface area contributed by atoms with Gasteiger partial charge in [0.1, 0.15) is 25.1 Å². The number of carbonyl (C=O) groups is 5. The number of benzene rings is 2. The van der Waals surface area contributed by atoms with Crippen LogP contribution in [0.4, 0.5) is 18.9 Å². The van der Waals surface area contributed by atoms with Crippen LogP contribution >= 0.6 is 0 Å². The van der Waals surface area contributed by atoms with Crippen LogP contribution in [-0.4, -0.2) is 79.9 Å². The van der Waals surface area contributed by atoms with Crippen molar-refractivity contribution in [2.24, 2.45) is 5.92 Å². The van der Waals surface area contributed by atoms with Gasteiger partial charge >= 0.3 is 17.8 Å². The van der Waals surface area contributed by atoms with Crippen LogP contribution in [0.25, 0.3) is 0 Å². The SMILES string of the molecule is C=CCOC(=O)C[C@H](NC(=O)[C@H]1COCCN(C(=O)C(=O)Nc2ccccc2C(C)(C)C)C1)C(=O)COc1c(C)c(F)cc(F)c1F. The lowest BCUT2D eigenvalue weighted by Crippen LogP contribution is -2.50. The van der Waals surface area contributed by atoms with Crippen LogP contribution in [-0.2, 0) is 38.9 Å². The van der Waals surface area contributed by atoms with E-state index in [0.717, 1.165) is 17.4 Å². The Morgan fingerprint density at radius 1 is 1.13 bits per heavy atom. The van der Waals surface area contributed by atoms with Crippen LogP contribution in [0.15, 0.2) is 43.0 Å². The molecule has 47 heavy (non-hydrogen) atoms. The predicted molar refractivity (Wildman–Crippen MR) is 164 cm³/mol. The molecule has 1 saturated heterocycles. The maximum atomic E-state index is 14.3. The zero-order valence-corrected chi connectivity index (χ0v) is 26.6. The number of esters is 1. The molecule has 0 spiro atoms. The summed E-state index contributed by atoms with van der Waals surface area (Å²) in [6.07, 6.45) is 0.610. The van der Waals surface area contributed by atoms with Crippen LogP contribution in [0.3, 0.4) is 0 Å². The molecule has 0 radical (unpaired) electrons. The Kier molecular flexibility index (Phi) is 12.7. The fraction of sp³-hybridized carbons (Fsp3) is 0.424. The van der Waals surface area contributed by atoms with Gasteiger partial charge in [-0.15, -0.1) is 0 Å². The minimum absolute atomic E-state index is 0.00383. The summed E-state index contributed by atoms with van der Waals surface area (Å²) >= 11 is 0. The molecule has 14 heteroatoms. The van der Waals surface area contributed by atoms with Crippen molar-refractivity contribution in [1.82, 2.24) is 10.2 Å². The molecule has 1 heterocycles. The Bertz CT molecular complexity index is 1500. The van der Waals surface area contributed by atoms with E-state index >= 15 is 0 Å². The molecule has 0 aromatic heterocycles. The third-order valence-corrected chi connectivity index (χ3v) is 7.26. The van der Waals surface area contributed by atoms with Crippen molar-refractivity contribution in [3.8, 4) is 5.75 Å². The van der Waals surface area contributed by atoms with Gasteiger partial charge in [0.25, 0.3) is 0 Å². The standard InChI is InChI=1S/C33H38F3N3O8/c1-6-12-46-27(41)15-25(26(40)18-47-29-19(2)22(34)14-23(35)28(29)36)38-30(42)20-16-39(11-13-45-17-20)32(44)31(43)37-24-10-8-7-9-21(24)33(3,4)5/h6-10,14,20,25H,1,11-13,15-18H2,2-5H3,(H,37,43)(H,38,42)/t20-,25+/m1/s1.